The maximum Gasteiger partial charge on any atom is 0.256 e. The maximum absolute atomic E-state index is 5.81. The van der Waals surface area contributed by atoms with Gasteiger partial charge in [0.05, 0.1) is 0 Å². The number of nitrogens with one attached hydrogen (secondary N) is 1. The molecule has 0 aliphatic heterocycles. The van der Waals surface area contributed by atoms with Crippen molar-refractivity contribution in [2.45, 2.75) is 50.3 Å². The second-order valence-corrected chi connectivity index (χ2v) is 6.83. The number of aromatic nitrogens is 1. The van der Waals surface area contributed by atoms with Gasteiger partial charge in [0.2, 0.25) is 0 Å². The fraction of sp³-hybridized carbons (Fsp3) is 0.588. The van der Waals surface area contributed by atoms with Gasteiger partial charge in [-0.3, -0.25) is 0 Å². The molecule has 1 N–H and O–H groups in total. The van der Waals surface area contributed by atoms with Crippen LogP contribution in [-0.2, 0) is 0 Å². The van der Waals surface area contributed by atoms with E-state index in [2.05, 4.69) is 17.2 Å². The van der Waals surface area contributed by atoms with Crippen LogP contribution in [0.4, 0.5) is 0 Å². The summed E-state index contributed by atoms with van der Waals surface area (Å²) >= 11 is 1.75. The fourth-order valence-corrected chi connectivity index (χ4v) is 4.15. The summed E-state index contributed by atoms with van der Waals surface area (Å²) in [5.74, 6) is 1.88. The maximum atomic E-state index is 5.81. The molecule has 3 nitrogen and oxygen atoms in total. The van der Waals surface area contributed by atoms with E-state index in [4.69, 9.17) is 4.42 Å². The smallest absolute Gasteiger partial charge is 0.256 e. The molecule has 0 amide bonds. The van der Waals surface area contributed by atoms with E-state index in [0.717, 1.165) is 34.5 Å². The molecule has 1 saturated carbocycles. The molecule has 1 fully saturated rings. The van der Waals surface area contributed by atoms with Crippen molar-refractivity contribution in [3.05, 3.63) is 24.3 Å². The predicted molar refractivity (Wildman–Crippen MR) is 88.8 cm³/mol. The Morgan fingerprint density at radius 3 is 2.90 bits per heavy atom. The number of oxazole rings is 1. The highest BCUT2D eigenvalue weighted by Crippen LogP contribution is 2.31. The Morgan fingerprint density at radius 1 is 1.33 bits per heavy atom. The lowest BCUT2D eigenvalue weighted by atomic mass is 10.00. The minimum atomic E-state index is 0.590. The Balaban J connectivity index is 1.62. The Morgan fingerprint density at radius 2 is 2.14 bits per heavy atom. The Kier molecular flexibility index (Phi) is 5.20. The number of thioether (sulfide) groups is 1. The third-order valence-electron chi connectivity index (χ3n) is 4.29. The van der Waals surface area contributed by atoms with E-state index in [0.29, 0.717) is 6.04 Å². The molecule has 0 saturated heterocycles. The average molecular weight is 304 g/mol. The molecule has 4 heteroatoms. The fourth-order valence-electron chi connectivity index (χ4n) is 3.13. The number of nitrogens with zero attached hydrogens (tertiary/aromatic N) is 1. The van der Waals surface area contributed by atoms with E-state index in [9.17, 15) is 0 Å². The van der Waals surface area contributed by atoms with Crippen molar-refractivity contribution in [2.24, 2.45) is 5.92 Å². The lowest BCUT2D eigenvalue weighted by Gasteiger charge is -2.23. The van der Waals surface area contributed by atoms with Crippen LogP contribution >= 0.6 is 11.8 Å². The van der Waals surface area contributed by atoms with E-state index in [1.165, 1.54) is 32.1 Å². The van der Waals surface area contributed by atoms with E-state index in [1.807, 2.05) is 24.3 Å². The normalized spacial score (nSPS) is 17.6. The molecule has 114 valence electrons. The molecule has 3 rings (SSSR count). The summed E-state index contributed by atoms with van der Waals surface area (Å²) < 4.78 is 5.81. The van der Waals surface area contributed by atoms with Crippen LogP contribution in [0.1, 0.15) is 39.0 Å². The summed E-state index contributed by atoms with van der Waals surface area (Å²) in [4.78, 5) is 4.56. The van der Waals surface area contributed by atoms with Gasteiger partial charge in [0, 0.05) is 11.8 Å². The van der Waals surface area contributed by atoms with Crippen molar-refractivity contribution >= 4 is 22.9 Å². The minimum Gasteiger partial charge on any atom is -0.431 e. The number of rotatable bonds is 7. The Hall–Kier alpha value is -1.00. The first-order valence-corrected chi connectivity index (χ1v) is 9.07. The molecule has 1 aromatic heterocycles. The first kappa shape index (κ1) is 14.9. The molecule has 1 atom stereocenters. The van der Waals surface area contributed by atoms with E-state index in [-0.39, 0.29) is 0 Å². The average Bonchev–Trinajstić information content (AvgIpc) is 3.16. The van der Waals surface area contributed by atoms with Crippen LogP contribution in [0.15, 0.2) is 33.9 Å². The molecule has 1 aliphatic carbocycles. The van der Waals surface area contributed by atoms with Crippen LogP contribution in [0.25, 0.3) is 11.1 Å². The van der Waals surface area contributed by atoms with Crippen molar-refractivity contribution in [2.75, 3.05) is 12.3 Å². The second-order valence-electron chi connectivity index (χ2n) is 5.86. The van der Waals surface area contributed by atoms with Gasteiger partial charge < -0.3 is 9.73 Å². The number of fused-ring (bicyclic) bond motifs is 1. The Labute approximate surface area is 130 Å². The van der Waals surface area contributed by atoms with Crippen LogP contribution in [0.2, 0.25) is 0 Å². The summed E-state index contributed by atoms with van der Waals surface area (Å²) in [5.41, 5.74) is 1.85. The Bertz CT molecular complexity index is 530. The largest absolute Gasteiger partial charge is 0.431 e. The van der Waals surface area contributed by atoms with Gasteiger partial charge in [-0.2, -0.15) is 0 Å². The first-order valence-electron chi connectivity index (χ1n) is 8.08. The number of benzene rings is 1. The van der Waals surface area contributed by atoms with Gasteiger partial charge >= 0.3 is 0 Å². The predicted octanol–water partition coefficient (Wildman–Crippen LogP) is 4.48. The summed E-state index contributed by atoms with van der Waals surface area (Å²) in [6.45, 7) is 3.34. The zero-order valence-corrected chi connectivity index (χ0v) is 13.5. The molecular weight excluding hydrogens is 280 g/mol. The lowest BCUT2D eigenvalue weighted by Crippen LogP contribution is -2.37. The van der Waals surface area contributed by atoms with Crippen molar-refractivity contribution in [1.82, 2.24) is 10.3 Å². The highest BCUT2D eigenvalue weighted by atomic mass is 32.2. The number of para-hydroxylation sites is 2. The molecule has 1 unspecified atom stereocenters. The quantitative estimate of drug-likeness (QED) is 0.765. The summed E-state index contributed by atoms with van der Waals surface area (Å²) in [6, 6.07) is 8.57. The number of hydrogen-bond donors (Lipinski definition) is 1. The highest BCUT2D eigenvalue weighted by molar-refractivity contribution is 7.99. The van der Waals surface area contributed by atoms with Gasteiger partial charge in [0.1, 0.15) is 5.52 Å². The molecule has 1 aliphatic rings. The van der Waals surface area contributed by atoms with Crippen LogP contribution < -0.4 is 5.32 Å². The van der Waals surface area contributed by atoms with Gasteiger partial charge in [-0.05, 0) is 43.9 Å². The molecule has 0 spiro atoms. The van der Waals surface area contributed by atoms with E-state index >= 15 is 0 Å². The van der Waals surface area contributed by atoms with Crippen molar-refractivity contribution in [3.8, 4) is 0 Å². The first-order chi connectivity index (χ1) is 10.4. The van der Waals surface area contributed by atoms with Crippen molar-refractivity contribution in [3.63, 3.8) is 0 Å². The standard InChI is InChI=1S/C17H24N2OS/c1-2-11-18-15(13-7-3-4-8-13)12-21-17-19-14-9-5-6-10-16(14)20-17/h5-6,9-10,13,15,18H,2-4,7-8,11-12H2,1H3. The zero-order chi connectivity index (χ0) is 14.5. The minimum absolute atomic E-state index is 0.590. The third-order valence-corrected chi connectivity index (χ3v) is 5.23. The monoisotopic (exact) mass is 304 g/mol. The molecule has 1 heterocycles. The van der Waals surface area contributed by atoms with Crippen LogP contribution in [0.5, 0.6) is 0 Å². The van der Waals surface area contributed by atoms with Crippen LogP contribution in [-0.4, -0.2) is 23.3 Å². The zero-order valence-electron chi connectivity index (χ0n) is 12.7. The lowest BCUT2D eigenvalue weighted by molar-refractivity contribution is 0.386. The topological polar surface area (TPSA) is 38.1 Å². The van der Waals surface area contributed by atoms with Crippen LogP contribution in [0, 0.1) is 5.92 Å². The van der Waals surface area contributed by atoms with Crippen LogP contribution in [0.3, 0.4) is 0 Å². The summed E-state index contributed by atoms with van der Waals surface area (Å²) in [6.07, 6.45) is 6.72. The molecular formula is C17H24N2OS. The van der Waals surface area contributed by atoms with Gasteiger partial charge in [0.25, 0.3) is 5.22 Å². The van der Waals surface area contributed by atoms with Crippen molar-refractivity contribution < 1.29 is 4.42 Å². The molecule has 0 radical (unpaired) electrons. The summed E-state index contributed by atoms with van der Waals surface area (Å²) in [5, 5.41) is 4.53. The molecule has 1 aromatic carbocycles. The second kappa shape index (κ2) is 7.32. The van der Waals surface area contributed by atoms with E-state index in [1.54, 1.807) is 11.8 Å². The number of hydrogen-bond acceptors (Lipinski definition) is 4. The highest BCUT2D eigenvalue weighted by Gasteiger charge is 2.25. The summed E-state index contributed by atoms with van der Waals surface area (Å²) in [7, 11) is 0. The van der Waals surface area contributed by atoms with Gasteiger partial charge in [-0.25, -0.2) is 4.98 Å². The molecule has 0 bridgehead atoms. The SMILES string of the molecule is CCCNC(CSc1nc2ccccc2o1)C1CCCC1. The molecule has 21 heavy (non-hydrogen) atoms. The third kappa shape index (κ3) is 3.80. The van der Waals surface area contributed by atoms with Gasteiger partial charge in [-0.1, -0.05) is 43.7 Å². The van der Waals surface area contributed by atoms with Gasteiger partial charge in [-0.15, -0.1) is 0 Å². The molecule has 2 aromatic rings. The van der Waals surface area contributed by atoms with Gasteiger partial charge in [0.15, 0.2) is 5.58 Å². The van der Waals surface area contributed by atoms with Crippen molar-refractivity contribution in [1.29, 1.82) is 0 Å². The van der Waals surface area contributed by atoms with E-state index < -0.39 is 0 Å².